The minimum Gasteiger partial charge on any atom is -0.352 e. The van der Waals surface area contributed by atoms with Crippen molar-refractivity contribution in [3.8, 4) is 0 Å². The van der Waals surface area contributed by atoms with Gasteiger partial charge in [-0.15, -0.1) is 0 Å². The Morgan fingerprint density at radius 3 is 2.11 bits per heavy atom. The minimum absolute atomic E-state index is 0.0633. The monoisotopic (exact) mass is 675 g/mol. The van der Waals surface area contributed by atoms with Gasteiger partial charge < -0.3 is 10.2 Å². The molecule has 0 aliphatic heterocycles. The number of amides is 2. The van der Waals surface area contributed by atoms with E-state index in [2.05, 4.69) is 21.2 Å². The molecule has 0 aliphatic carbocycles. The normalized spacial score (nSPS) is 12.6. The van der Waals surface area contributed by atoms with Crippen molar-refractivity contribution in [1.82, 2.24) is 10.2 Å². The molecule has 2 unspecified atom stereocenters. The fraction of sp³-hybridized carbons (Fsp3) is 0.257. The molecule has 0 bridgehead atoms. The molecule has 2 atom stereocenters. The number of nitrogens with one attached hydrogen (secondary N) is 1. The van der Waals surface area contributed by atoms with Gasteiger partial charge >= 0.3 is 0 Å². The molecule has 1 N–H and O–H groups in total. The summed E-state index contributed by atoms with van der Waals surface area (Å²) in [7, 11) is -4.14. The average molecular weight is 677 g/mol. The third kappa shape index (κ3) is 8.57. The summed E-state index contributed by atoms with van der Waals surface area (Å²) in [5.41, 5.74) is 3.07. The zero-order valence-corrected chi connectivity index (χ0v) is 27.6. The zero-order valence-electron chi connectivity index (χ0n) is 25.2. The summed E-state index contributed by atoms with van der Waals surface area (Å²) in [5.74, 6) is -0.782. The number of aryl methyl sites for hydroxylation is 1. The van der Waals surface area contributed by atoms with E-state index in [0.717, 1.165) is 27.4 Å². The van der Waals surface area contributed by atoms with E-state index in [0.29, 0.717) is 10.2 Å². The van der Waals surface area contributed by atoms with Crippen molar-refractivity contribution in [3.05, 3.63) is 130 Å². The average Bonchev–Trinajstić information content (AvgIpc) is 3.02. The van der Waals surface area contributed by atoms with Gasteiger partial charge in [-0.05, 0) is 61.7 Å². The first-order valence-corrected chi connectivity index (χ1v) is 16.8. The largest absolute Gasteiger partial charge is 0.352 e. The van der Waals surface area contributed by atoms with E-state index in [1.165, 1.54) is 17.0 Å². The molecule has 2 amide bonds. The van der Waals surface area contributed by atoms with Crippen LogP contribution in [0, 0.1) is 6.92 Å². The summed E-state index contributed by atoms with van der Waals surface area (Å²) in [4.78, 5) is 30.0. The highest BCUT2D eigenvalue weighted by molar-refractivity contribution is 9.10. The van der Waals surface area contributed by atoms with Gasteiger partial charge in [0.05, 0.1) is 10.6 Å². The lowest BCUT2D eigenvalue weighted by molar-refractivity contribution is -0.140. The van der Waals surface area contributed by atoms with Gasteiger partial charge in [0.1, 0.15) is 12.6 Å². The maximum absolute atomic E-state index is 14.5. The van der Waals surface area contributed by atoms with Gasteiger partial charge in [-0.2, -0.15) is 0 Å². The van der Waals surface area contributed by atoms with Crippen molar-refractivity contribution in [3.63, 3.8) is 0 Å². The van der Waals surface area contributed by atoms with Crippen LogP contribution in [0.2, 0.25) is 0 Å². The highest BCUT2D eigenvalue weighted by Crippen LogP contribution is 2.27. The number of carbonyl (C=O) groups excluding carboxylic acids is 2. The number of hydrogen-bond donors (Lipinski definition) is 1. The van der Waals surface area contributed by atoms with Gasteiger partial charge in [0.2, 0.25) is 11.8 Å². The van der Waals surface area contributed by atoms with Crippen LogP contribution in [0.4, 0.5) is 5.69 Å². The SMILES string of the molecule is CCC(C)NC(=O)C(Cc1ccccc1)N(Cc1cccc(C)c1)C(=O)CN(c1cccc(Br)c1)S(=O)(=O)c1ccccc1. The quantitative estimate of drug-likeness (QED) is 0.175. The molecule has 4 rings (SSSR count). The highest BCUT2D eigenvalue weighted by Gasteiger charge is 2.35. The Bertz CT molecular complexity index is 1670. The van der Waals surface area contributed by atoms with Crippen molar-refractivity contribution < 1.29 is 18.0 Å². The molecular weight excluding hydrogens is 638 g/mol. The lowest BCUT2D eigenvalue weighted by Gasteiger charge is -2.34. The highest BCUT2D eigenvalue weighted by atomic mass is 79.9. The van der Waals surface area contributed by atoms with Crippen LogP contribution in [0.5, 0.6) is 0 Å². The number of rotatable bonds is 13. The second-order valence-electron chi connectivity index (χ2n) is 10.8. The maximum Gasteiger partial charge on any atom is 0.264 e. The Hall–Kier alpha value is -3.95. The summed E-state index contributed by atoms with van der Waals surface area (Å²) >= 11 is 3.44. The Balaban J connectivity index is 1.80. The van der Waals surface area contributed by atoms with E-state index < -0.39 is 28.5 Å². The fourth-order valence-electron chi connectivity index (χ4n) is 4.88. The molecule has 0 heterocycles. The lowest BCUT2D eigenvalue weighted by Crippen LogP contribution is -2.54. The van der Waals surface area contributed by atoms with Crippen molar-refractivity contribution in [2.75, 3.05) is 10.8 Å². The van der Waals surface area contributed by atoms with Crippen LogP contribution in [0.15, 0.2) is 119 Å². The Morgan fingerprint density at radius 2 is 1.48 bits per heavy atom. The molecule has 0 radical (unpaired) electrons. The number of sulfonamides is 1. The standard InChI is InChI=1S/C35H38BrN3O4S/c1-4-27(3)37-35(41)33(22-28-14-7-5-8-15-28)38(24-29-16-11-13-26(2)21-29)34(40)25-39(31-18-12-17-30(36)23-31)44(42,43)32-19-9-6-10-20-32/h5-21,23,27,33H,4,22,24-25H2,1-3H3,(H,37,41). The van der Waals surface area contributed by atoms with Crippen molar-refractivity contribution >= 4 is 43.5 Å². The van der Waals surface area contributed by atoms with Crippen LogP contribution in [-0.2, 0) is 32.6 Å². The predicted molar refractivity (Wildman–Crippen MR) is 179 cm³/mol. The third-order valence-corrected chi connectivity index (χ3v) is 9.70. The number of nitrogens with zero attached hydrogens (tertiary/aromatic N) is 2. The minimum atomic E-state index is -4.14. The molecule has 4 aromatic rings. The number of halogens is 1. The predicted octanol–water partition coefficient (Wildman–Crippen LogP) is 6.51. The first-order valence-electron chi connectivity index (χ1n) is 14.6. The molecule has 44 heavy (non-hydrogen) atoms. The van der Waals surface area contributed by atoms with Crippen LogP contribution < -0.4 is 9.62 Å². The second-order valence-corrected chi connectivity index (χ2v) is 13.6. The molecular formula is C35H38BrN3O4S. The van der Waals surface area contributed by atoms with Crippen molar-refractivity contribution in [2.45, 2.75) is 57.1 Å². The Kier molecular flexibility index (Phi) is 11.4. The van der Waals surface area contributed by atoms with Gasteiger partial charge in [-0.25, -0.2) is 8.42 Å². The van der Waals surface area contributed by atoms with E-state index in [-0.39, 0.29) is 29.8 Å². The molecule has 0 saturated heterocycles. The first-order chi connectivity index (χ1) is 21.1. The maximum atomic E-state index is 14.5. The van der Waals surface area contributed by atoms with Crippen LogP contribution in [-0.4, -0.2) is 43.8 Å². The Morgan fingerprint density at radius 1 is 0.841 bits per heavy atom. The molecule has 0 aromatic heterocycles. The van der Waals surface area contributed by atoms with Gasteiger partial charge in [0, 0.05) is 23.5 Å². The van der Waals surface area contributed by atoms with Gasteiger partial charge in [0.15, 0.2) is 0 Å². The van der Waals surface area contributed by atoms with E-state index in [4.69, 9.17) is 0 Å². The van der Waals surface area contributed by atoms with E-state index in [1.807, 2.05) is 75.4 Å². The fourth-order valence-corrected chi connectivity index (χ4v) is 6.70. The molecule has 0 fully saturated rings. The molecule has 9 heteroatoms. The summed E-state index contributed by atoms with van der Waals surface area (Å²) in [6.45, 7) is 5.50. The van der Waals surface area contributed by atoms with Crippen LogP contribution >= 0.6 is 15.9 Å². The van der Waals surface area contributed by atoms with E-state index >= 15 is 0 Å². The molecule has 0 spiro atoms. The Labute approximate surface area is 269 Å². The van der Waals surface area contributed by atoms with Crippen LogP contribution in [0.3, 0.4) is 0 Å². The molecule has 7 nitrogen and oxygen atoms in total. The molecule has 0 saturated carbocycles. The summed E-state index contributed by atoms with van der Waals surface area (Å²) in [6.07, 6.45) is 0.991. The smallest absolute Gasteiger partial charge is 0.264 e. The topological polar surface area (TPSA) is 86.8 Å². The summed E-state index contributed by atoms with van der Waals surface area (Å²) in [6, 6.07) is 31.2. The second kappa shape index (κ2) is 15.2. The third-order valence-electron chi connectivity index (χ3n) is 7.41. The molecule has 230 valence electrons. The van der Waals surface area contributed by atoms with E-state index in [1.54, 1.807) is 42.5 Å². The van der Waals surface area contributed by atoms with Crippen LogP contribution in [0.25, 0.3) is 0 Å². The summed E-state index contributed by atoms with van der Waals surface area (Å²) in [5, 5.41) is 3.06. The van der Waals surface area contributed by atoms with E-state index in [9.17, 15) is 18.0 Å². The number of carbonyl (C=O) groups is 2. The summed E-state index contributed by atoms with van der Waals surface area (Å²) < 4.78 is 29.9. The number of benzene rings is 4. The lowest BCUT2D eigenvalue weighted by atomic mass is 10.0. The van der Waals surface area contributed by atoms with Gasteiger partial charge in [-0.3, -0.25) is 13.9 Å². The molecule has 4 aromatic carbocycles. The molecule has 0 aliphatic rings. The zero-order chi connectivity index (χ0) is 31.7. The first kappa shape index (κ1) is 33.0. The van der Waals surface area contributed by atoms with Crippen molar-refractivity contribution in [1.29, 1.82) is 0 Å². The van der Waals surface area contributed by atoms with Crippen molar-refractivity contribution in [2.24, 2.45) is 0 Å². The van der Waals surface area contributed by atoms with Gasteiger partial charge in [-0.1, -0.05) is 107 Å². The van der Waals surface area contributed by atoms with Gasteiger partial charge in [0.25, 0.3) is 10.0 Å². The number of hydrogen-bond acceptors (Lipinski definition) is 4. The van der Waals surface area contributed by atoms with Crippen LogP contribution in [0.1, 0.15) is 37.0 Å². The number of anilines is 1.